The number of rotatable bonds is 6. The number of hydrogen-bond donors (Lipinski definition) is 1. The Hall–Kier alpha value is -3.96. The number of nitrogens with one attached hydrogen (secondary N) is 1. The average molecular weight is 555 g/mol. The molecule has 5 rings (SSSR count). The van der Waals surface area contributed by atoms with Gasteiger partial charge in [-0.1, -0.05) is 18.2 Å². The van der Waals surface area contributed by atoms with Gasteiger partial charge in [0.15, 0.2) is 11.6 Å². The molecular formula is C28H25F3N4O3S. The van der Waals surface area contributed by atoms with Crippen molar-refractivity contribution in [2.24, 2.45) is 0 Å². The lowest BCUT2D eigenvalue weighted by atomic mass is 10.1. The number of pyridine rings is 1. The van der Waals surface area contributed by atoms with Crippen molar-refractivity contribution in [2.75, 3.05) is 24.4 Å². The first-order valence-electron chi connectivity index (χ1n) is 12.3. The Morgan fingerprint density at radius 2 is 1.69 bits per heavy atom. The van der Waals surface area contributed by atoms with Crippen LogP contribution in [-0.4, -0.2) is 54.8 Å². The monoisotopic (exact) mass is 554 g/mol. The number of halogens is 3. The molecule has 39 heavy (non-hydrogen) atoms. The minimum Gasteiger partial charge on any atom is -0.333 e. The third kappa shape index (κ3) is 5.59. The molecule has 1 aromatic heterocycles. The van der Waals surface area contributed by atoms with E-state index in [1.807, 2.05) is 11.8 Å². The van der Waals surface area contributed by atoms with E-state index in [1.165, 1.54) is 24.4 Å². The van der Waals surface area contributed by atoms with Crippen molar-refractivity contribution >= 4 is 32.5 Å². The van der Waals surface area contributed by atoms with Gasteiger partial charge in [-0.15, -0.1) is 0 Å². The summed E-state index contributed by atoms with van der Waals surface area (Å²) >= 11 is 0. The summed E-state index contributed by atoms with van der Waals surface area (Å²) in [5, 5.41) is 0.700. The van der Waals surface area contributed by atoms with Crippen molar-refractivity contribution in [3.8, 4) is 0 Å². The van der Waals surface area contributed by atoms with Gasteiger partial charge in [0.1, 0.15) is 10.7 Å². The Morgan fingerprint density at radius 3 is 2.44 bits per heavy atom. The SMILES string of the molecule is C[C@@H]1CN(Cc2cc(F)c(F)cc2F)CCN1C(=O)c1ccc(NS(=O)(=O)c2cccc3cccnc23)cc1. The summed E-state index contributed by atoms with van der Waals surface area (Å²) < 4.78 is 69.5. The molecule has 1 aliphatic rings. The van der Waals surface area contributed by atoms with Crippen LogP contribution >= 0.6 is 0 Å². The van der Waals surface area contributed by atoms with E-state index in [1.54, 1.807) is 41.3 Å². The minimum absolute atomic E-state index is 0.0516. The van der Waals surface area contributed by atoms with Crippen molar-refractivity contribution in [1.82, 2.24) is 14.8 Å². The number of carbonyl (C=O) groups excluding carboxylic acids is 1. The number of nitrogens with zero attached hydrogens (tertiary/aromatic N) is 3. The fourth-order valence-electron chi connectivity index (χ4n) is 4.75. The average Bonchev–Trinajstić information content (AvgIpc) is 2.91. The number of anilines is 1. The number of benzene rings is 3. The van der Waals surface area contributed by atoms with Gasteiger partial charge in [-0.05, 0) is 49.4 Å². The van der Waals surface area contributed by atoms with E-state index in [-0.39, 0.29) is 29.0 Å². The zero-order valence-corrected chi connectivity index (χ0v) is 21.8. The first-order chi connectivity index (χ1) is 18.6. The van der Waals surface area contributed by atoms with Gasteiger partial charge < -0.3 is 4.90 Å². The summed E-state index contributed by atoms with van der Waals surface area (Å²) in [4.78, 5) is 21.0. The lowest BCUT2D eigenvalue weighted by Gasteiger charge is -2.40. The first-order valence-corrected chi connectivity index (χ1v) is 13.7. The van der Waals surface area contributed by atoms with Crippen LogP contribution in [0.4, 0.5) is 18.9 Å². The van der Waals surface area contributed by atoms with Gasteiger partial charge in [0.2, 0.25) is 0 Å². The van der Waals surface area contributed by atoms with Crippen LogP contribution in [0.15, 0.2) is 77.8 Å². The van der Waals surface area contributed by atoms with Crippen LogP contribution in [0.3, 0.4) is 0 Å². The van der Waals surface area contributed by atoms with E-state index < -0.39 is 27.5 Å². The summed E-state index contributed by atoms with van der Waals surface area (Å²) in [6, 6.07) is 15.8. The molecule has 0 saturated carbocycles. The quantitative estimate of drug-likeness (QED) is 0.347. The molecule has 1 atom stereocenters. The van der Waals surface area contributed by atoms with E-state index in [0.29, 0.717) is 47.9 Å². The second kappa shape index (κ2) is 10.7. The highest BCUT2D eigenvalue weighted by Gasteiger charge is 2.29. The van der Waals surface area contributed by atoms with Gasteiger partial charge in [-0.2, -0.15) is 0 Å². The maximum absolute atomic E-state index is 14.1. The van der Waals surface area contributed by atoms with Crippen LogP contribution in [0.2, 0.25) is 0 Å². The molecule has 1 N–H and O–H groups in total. The van der Waals surface area contributed by atoms with Crippen molar-refractivity contribution in [3.63, 3.8) is 0 Å². The lowest BCUT2D eigenvalue weighted by Crippen LogP contribution is -2.53. The summed E-state index contributed by atoms with van der Waals surface area (Å²) in [5.41, 5.74) is 1.10. The number of sulfonamides is 1. The topological polar surface area (TPSA) is 82.6 Å². The predicted octanol–water partition coefficient (Wildman–Crippen LogP) is 4.80. The van der Waals surface area contributed by atoms with Crippen molar-refractivity contribution in [1.29, 1.82) is 0 Å². The van der Waals surface area contributed by atoms with Gasteiger partial charge >= 0.3 is 0 Å². The summed E-state index contributed by atoms with van der Waals surface area (Å²) in [6.45, 7) is 3.14. The Morgan fingerprint density at radius 1 is 0.974 bits per heavy atom. The Balaban J connectivity index is 1.24. The lowest BCUT2D eigenvalue weighted by molar-refractivity contribution is 0.0473. The van der Waals surface area contributed by atoms with Crippen LogP contribution in [0, 0.1) is 17.5 Å². The molecule has 0 unspecified atom stereocenters. The number of fused-ring (bicyclic) bond motifs is 1. The first kappa shape index (κ1) is 26.6. The molecule has 7 nitrogen and oxygen atoms in total. The van der Waals surface area contributed by atoms with Crippen LogP contribution in [0.5, 0.6) is 0 Å². The zero-order valence-electron chi connectivity index (χ0n) is 20.9. The molecule has 3 aromatic carbocycles. The molecular weight excluding hydrogens is 529 g/mol. The number of amides is 1. The van der Waals surface area contributed by atoms with Crippen LogP contribution in [0.25, 0.3) is 10.9 Å². The number of para-hydroxylation sites is 1. The molecule has 0 radical (unpaired) electrons. The third-order valence-electron chi connectivity index (χ3n) is 6.73. The van der Waals surface area contributed by atoms with Crippen LogP contribution in [-0.2, 0) is 16.6 Å². The Bertz CT molecular complexity index is 1640. The molecule has 0 spiro atoms. The van der Waals surface area contributed by atoms with E-state index in [9.17, 15) is 26.4 Å². The van der Waals surface area contributed by atoms with E-state index in [0.717, 1.165) is 6.07 Å². The normalized spacial score (nSPS) is 16.4. The van der Waals surface area contributed by atoms with Crippen LogP contribution in [0.1, 0.15) is 22.8 Å². The van der Waals surface area contributed by atoms with Gasteiger partial charge in [0.25, 0.3) is 15.9 Å². The summed E-state index contributed by atoms with van der Waals surface area (Å²) in [5.74, 6) is -3.38. The largest absolute Gasteiger partial charge is 0.333 e. The minimum atomic E-state index is -3.93. The van der Waals surface area contributed by atoms with E-state index in [4.69, 9.17) is 0 Å². The Labute approximate surface area is 223 Å². The van der Waals surface area contributed by atoms with Gasteiger partial charge in [0.05, 0.1) is 5.52 Å². The molecule has 1 aliphatic heterocycles. The molecule has 202 valence electrons. The van der Waals surface area contributed by atoms with Crippen LogP contribution < -0.4 is 4.72 Å². The maximum atomic E-state index is 14.1. The predicted molar refractivity (Wildman–Crippen MR) is 141 cm³/mol. The fraction of sp³-hybridized carbons (Fsp3) is 0.214. The van der Waals surface area contributed by atoms with Gasteiger partial charge in [-0.25, -0.2) is 21.6 Å². The Kier molecular flexibility index (Phi) is 7.28. The highest BCUT2D eigenvalue weighted by molar-refractivity contribution is 7.93. The molecule has 4 aromatic rings. The highest BCUT2D eigenvalue weighted by atomic mass is 32.2. The molecule has 0 aliphatic carbocycles. The van der Waals surface area contributed by atoms with Crippen molar-refractivity contribution < 1.29 is 26.4 Å². The smallest absolute Gasteiger partial charge is 0.264 e. The molecule has 0 bridgehead atoms. The van der Waals surface area contributed by atoms with Gasteiger partial charge in [0, 0.05) is 66.7 Å². The zero-order chi connectivity index (χ0) is 27.7. The third-order valence-corrected chi connectivity index (χ3v) is 8.14. The summed E-state index contributed by atoms with van der Waals surface area (Å²) in [7, 11) is -3.93. The maximum Gasteiger partial charge on any atom is 0.264 e. The van der Waals surface area contributed by atoms with Crippen molar-refractivity contribution in [3.05, 3.63) is 102 Å². The van der Waals surface area contributed by atoms with E-state index in [2.05, 4.69) is 9.71 Å². The fourth-order valence-corrected chi connectivity index (χ4v) is 5.99. The molecule has 2 heterocycles. The van der Waals surface area contributed by atoms with E-state index >= 15 is 0 Å². The number of carbonyl (C=O) groups is 1. The second-order valence-corrected chi connectivity index (χ2v) is 11.1. The van der Waals surface area contributed by atoms with Crippen molar-refractivity contribution in [2.45, 2.75) is 24.4 Å². The molecule has 1 saturated heterocycles. The highest BCUT2D eigenvalue weighted by Crippen LogP contribution is 2.24. The standard InChI is InChI=1S/C28H25F3N4O3S/c1-18-16-34(17-21-14-24(30)25(31)15-23(21)29)12-13-35(18)28(36)20-7-9-22(10-8-20)33-39(37,38)26-6-2-4-19-5-3-11-32-27(19)26/h2-11,14-15,18,33H,12-13,16-17H2,1H3/t18-/m1/s1. The second-order valence-electron chi connectivity index (χ2n) is 9.45. The van der Waals surface area contributed by atoms with Gasteiger partial charge in [-0.3, -0.25) is 19.4 Å². The molecule has 11 heteroatoms. The number of aromatic nitrogens is 1. The molecule has 1 fully saturated rings. The summed E-state index contributed by atoms with van der Waals surface area (Å²) in [6.07, 6.45) is 1.53. The molecule has 1 amide bonds. The number of hydrogen-bond acceptors (Lipinski definition) is 5. The number of piperazine rings is 1.